The maximum Gasteiger partial charge on any atom is 0.148 e. The number of aromatic nitrogens is 2. The number of hydrogen-bond donors (Lipinski definition) is 3. The van der Waals surface area contributed by atoms with Crippen LogP contribution in [0.3, 0.4) is 0 Å². The summed E-state index contributed by atoms with van der Waals surface area (Å²) in [6.45, 7) is 3.08. The van der Waals surface area contributed by atoms with Crippen LogP contribution in [-0.4, -0.2) is 42.0 Å². The van der Waals surface area contributed by atoms with Crippen molar-refractivity contribution in [1.29, 1.82) is 0 Å². The van der Waals surface area contributed by atoms with Gasteiger partial charge in [-0.3, -0.25) is 0 Å². The number of nitrogen functional groups attached to an aromatic ring is 1. The van der Waals surface area contributed by atoms with Crippen LogP contribution in [0, 0.1) is 17.8 Å². The monoisotopic (exact) mass is 317 g/mol. The molecule has 1 aliphatic carbocycles. The van der Waals surface area contributed by atoms with E-state index < -0.39 is 0 Å². The Hall–Kier alpha value is -1.40. The lowest BCUT2D eigenvalue weighted by Gasteiger charge is -2.27. The first kappa shape index (κ1) is 15.1. The Bertz CT molecular complexity index is 533. The van der Waals surface area contributed by atoms with Crippen molar-refractivity contribution in [3.63, 3.8) is 0 Å². The first-order chi connectivity index (χ1) is 11.3. The number of hydrogen-bond acceptors (Lipinski definition) is 6. The standard InChI is InChI=1S/C17H27N5O/c18-17-8-14(10-20-22-17)21-13-6-12-9-19-16(15(12)7-13)5-11-1-3-23-4-2-11/h8,10-13,15-16,19H,1-7,9H2,(H3,18,21,22)/t12-,13+,15+,16+/m1/s1. The van der Waals surface area contributed by atoms with Gasteiger partial charge in [0.25, 0.3) is 0 Å². The van der Waals surface area contributed by atoms with Gasteiger partial charge >= 0.3 is 0 Å². The summed E-state index contributed by atoms with van der Waals surface area (Å²) in [5.74, 6) is 2.94. The topological polar surface area (TPSA) is 85.1 Å². The normalized spacial score (nSPS) is 34.4. The minimum atomic E-state index is 0.479. The van der Waals surface area contributed by atoms with Crippen LogP contribution in [0.1, 0.15) is 32.1 Å². The molecular formula is C17H27N5O. The number of rotatable bonds is 4. The Morgan fingerprint density at radius 2 is 2.17 bits per heavy atom. The number of ether oxygens (including phenoxy) is 1. The van der Waals surface area contributed by atoms with E-state index in [0.29, 0.717) is 17.9 Å². The first-order valence-corrected chi connectivity index (χ1v) is 8.94. The van der Waals surface area contributed by atoms with Gasteiger partial charge in [-0.2, -0.15) is 5.10 Å². The minimum Gasteiger partial charge on any atom is -0.382 e. The molecule has 0 radical (unpaired) electrons. The fourth-order valence-corrected chi connectivity index (χ4v) is 4.75. The summed E-state index contributed by atoms with van der Waals surface area (Å²) in [7, 11) is 0. The first-order valence-electron chi connectivity index (χ1n) is 8.94. The Morgan fingerprint density at radius 3 is 3.00 bits per heavy atom. The number of nitrogens with zero attached hydrogens (tertiary/aromatic N) is 2. The van der Waals surface area contributed by atoms with E-state index in [4.69, 9.17) is 10.5 Å². The van der Waals surface area contributed by atoms with Crippen LogP contribution in [0.4, 0.5) is 11.5 Å². The van der Waals surface area contributed by atoms with Gasteiger partial charge in [-0.15, -0.1) is 5.10 Å². The van der Waals surface area contributed by atoms with E-state index in [1.54, 1.807) is 6.20 Å². The Balaban J connectivity index is 1.33. The summed E-state index contributed by atoms with van der Waals surface area (Å²) in [6, 6.07) is 3.10. The third-order valence-electron chi connectivity index (χ3n) is 5.88. The third-order valence-corrected chi connectivity index (χ3v) is 5.88. The Kier molecular flexibility index (Phi) is 4.35. The van der Waals surface area contributed by atoms with Crippen LogP contribution in [0.5, 0.6) is 0 Å². The van der Waals surface area contributed by atoms with Crippen LogP contribution >= 0.6 is 0 Å². The van der Waals surface area contributed by atoms with E-state index in [-0.39, 0.29) is 0 Å². The molecule has 6 nitrogen and oxygen atoms in total. The van der Waals surface area contributed by atoms with Crippen LogP contribution in [0.15, 0.2) is 12.3 Å². The molecule has 4 N–H and O–H groups in total. The molecule has 4 atom stereocenters. The zero-order chi connectivity index (χ0) is 15.6. The second-order valence-electron chi connectivity index (χ2n) is 7.41. The van der Waals surface area contributed by atoms with Crippen LogP contribution in [0.2, 0.25) is 0 Å². The van der Waals surface area contributed by atoms with Crippen LogP contribution in [0.25, 0.3) is 0 Å². The van der Waals surface area contributed by atoms with E-state index >= 15 is 0 Å². The van der Waals surface area contributed by atoms with Gasteiger partial charge in [-0.1, -0.05) is 0 Å². The summed E-state index contributed by atoms with van der Waals surface area (Å²) in [5, 5.41) is 15.1. The van der Waals surface area contributed by atoms with Crippen molar-refractivity contribution >= 4 is 11.5 Å². The smallest absolute Gasteiger partial charge is 0.148 e. The zero-order valence-corrected chi connectivity index (χ0v) is 13.6. The average molecular weight is 317 g/mol. The highest BCUT2D eigenvalue weighted by atomic mass is 16.5. The molecule has 1 aromatic heterocycles. The van der Waals surface area contributed by atoms with Crippen molar-refractivity contribution in [3.8, 4) is 0 Å². The summed E-state index contributed by atoms with van der Waals surface area (Å²) >= 11 is 0. The van der Waals surface area contributed by atoms with Gasteiger partial charge in [0.1, 0.15) is 5.82 Å². The second kappa shape index (κ2) is 6.61. The van der Waals surface area contributed by atoms with Crippen molar-refractivity contribution in [2.24, 2.45) is 17.8 Å². The summed E-state index contributed by atoms with van der Waals surface area (Å²) in [6.07, 6.45) is 8.04. The maximum atomic E-state index is 5.72. The predicted molar refractivity (Wildman–Crippen MR) is 90.0 cm³/mol. The quantitative estimate of drug-likeness (QED) is 0.783. The maximum absolute atomic E-state index is 5.72. The molecule has 4 rings (SSSR count). The lowest BCUT2D eigenvalue weighted by atomic mass is 9.85. The van der Waals surface area contributed by atoms with Gasteiger partial charge in [0.2, 0.25) is 0 Å². The average Bonchev–Trinajstić information content (AvgIpc) is 3.10. The molecule has 3 fully saturated rings. The molecule has 3 aliphatic rings. The van der Waals surface area contributed by atoms with Gasteiger partial charge < -0.3 is 21.1 Å². The molecule has 2 saturated heterocycles. The van der Waals surface area contributed by atoms with E-state index in [1.807, 2.05) is 6.07 Å². The van der Waals surface area contributed by atoms with E-state index in [2.05, 4.69) is 20.8 Å². The highest BCUT2D eigenvalue weighted by Crippen LogP contribution is 2.41. The van der Waals surface area contributed by atoms with Crippen molar-refractivity contribution in [1.82, 2.24) is 15.5 Å². The molecule has 6 heteroatoms. The SMILES string of the molecule is Nc1cc(N[C@H]2C[C@@H]3CN[C@@H](CC4CCOCC4)[C@H]3C2)cnn1. The van der Waals surface area contributed by atoms with Gasteiger partial charge in [0.05, 0.1) is 11.9 Å². The fraction of sp³-hybridized carbons (Fsp3) is 0.765. The molecule has 0 amide bonds. The van der Waals surface area contributed by atoms with Crippen molar-refractivity contribution in [3.05, 3.63) is 12.3 Å². The Labute approximate surface area is 137 Å². The van der Waals surface area contributed by atoms with Crippen molar-refractivity contribution in [2.45, 2.75) is 44.2 Å². The molecule has 0 spiro atoms. The largest absolute Gasteiger partial charge is 0.382 e. The molecule has 3 heterocycles. The predicted octanol–water partition coefficient (Wildman–Crippen LogP) is 1.65. The highest BCUT2D eigenvalue weighted by molar-refractivity contribution is 5.48. The molecule has 2 aliphatic heterocycles. The molecule has 126 valence electrons. The molecule has 23 heavy (non-hydrogen) atoms. The van der Waals surface area contributed by atoms with Gasteiger partial charge in [0, 0.05) is 31.4 Å². The van der Waals surface area contributed by atoms with Crippen LogP contribution < -0.4 is 16.4 Å². The van der Waals surface area contributed by atoms with E-state index in [9.17, 15) is 0 Å². The van der Waals surface area contributed by atoms with Gasteiger partial charge in [0.15, 0.2) is 0 Å². The van der Waals surface area contributed by atoms with Gasteiger partial charge in [-0.05, 0) is 56.4 Å². The van der Waals surface area contributed by atoms with Crippen molar-refractivity contribution in [2.75, 3.05) is 30.8 Å². The molecule has 1 aromatic rings. The van der Waals surface area contributed by atoms with Gasteiger partial charge in [-0.25, -0.2) is 0 Å². The Morgan fingerprint density at radius 1 is 1.30 bits per heavy atom. The second-order valence-corrected chi connectivity index (χ2v) is 7.41. The lowest BCUT2D eigenvalue weighted by Crippen LogP contribution is -2.32. The molecular weight excluding hydrogens is 290 g/mol. The molecule has 1 saturated carbocycles. The van der Waals surface area contributed by atoms with Crippen LogP contribution in [-0.2, 0) is 4.74 Å². The lowest BCUT2D eigenvalue weighted by molar-refractivity contribution is 0.0594. The summed E-state index contributed by atoms with van der Waals surface area (Å²) in [5.41, 5.74) is 6.71. The number of nitrogens with one attached hydrogen (secondary N) is 2. The number of fused-ring (bicyclic) bond motifs is 1. The van der Waals surface area contributed by atoms with Crippen molar-refractivity contribution < 1.29 is 4.74 Å². The van der Waals surface area contributed by atoms with E-state index in [0.717, 1.165) is 36.7 Å². The third kappa shape index (κ3) is 3.43. The zero-order valence-electron chi connectivity index (χ0n) is 13.6. The molecule has 0 unspecified atom stereocenters. The number of nitrogens with two attached hydrogens (primary N) is 1. The molecule has 0 aromatic carbocycles. The molecule has 0 bridgehead atoms. The highest BCUT2D eigenvalue weighted by Gasteiger charge is 2.43. The fourth-order valence-electron chi connectivity index (χ4n) is 4.75. The summed E-state index contributed by atoms with van der Waals surface area (Å²) in [4.78, 5) is 0. The van der Waals surface area contributed by atoms with E-state index in [1.165, 1.54) is 38.6 Å². The summed E-state index contributed by atoms with van der Waals surface area (Å²) < 4.78 is 5.49. The minimum absolute atomic E-state index is 0.479. The number of anilines is 2.